The van der Waals surface area contributed by atoms with Gasteiger partial charge in [-0.15, -0.1) is 0 Å². The highest BCUT2D eigenvalue weighted by atomic mass is 16.6. The molecule has 2 heterocycles. The molecule has 46 heavy (non-hydrogen) atoms. The third-order valence-corrected chi connectivity index (χ3v) is 8.28. The molecule has 0 aliphatic carbocycles. The molecule has 11 nitrogen and oxygen atoms in total. The average Bonchev–Trinajstić information content (AvgIpc) is 3.57. The number of nitrogens with two attached hydrogens (primary N) is 1. The number of benzene rings is 3. The maximum Gasteiger partial charge on any atom is 0.303 e. The number of amides is 2. The van der Waals surface area contributed by atoms with Crippen molar-refractivity contribution in [1.82, 2.24) is 19.9 Å². The van der Waals surface area contributed by atoms with Crippen molar-refractivity contribution in [2.24, 2.45) is 11.8 Å². The van der Waals surface area contributed by atoms with Gasteiger partial charge in [-0.3, -0.25) is 24.2 Å². The van der Waals surface area contributed by atoms with Gasteiger partial charge in [0.1, 0.15) is 17.7 Å². The normalized spacial score (nSPS) is 14.8. The number of hydrogen-bond acceptors (Lipinski definition) is 8. The first-order valence-electron chi connectivity index (χ1n) is 14.9. The number of aromatic nitrogens is 2. The highest BCUT2D eigenvalue weighted by Crippen LogP contribution is 2.38. The molecular formula is C35H37N5O6. The summed E-state index contributed by atoms with van der Waals surface area (Å²) in [5.41, 5.74) is 2.26. The van der Waals surface area contributed by atoms with Crippen LogP contribution in [0.4, 0.5) is 0 Å². The number of nitrogens with zero attached hydrogens (tertiary/aromatic N) is 3. The predicted octanol–water partition coefficient (Wildman–Crippen LogP) is 3.38. The Morgan fingerprint density at radius 1 is 0.978 bits per heavy atom. The number of methoxy groups -OCH3 is 1. The topological polar surface area (TPSA) is 148 Å². The number of hydrazine groups is 1. The number of aryl methyl sites for hydroxylation is 1. The summed E-state index contributed by atoms with van der Waals surface area (Å²) < 4.78 is 11.1. The van der Waals surface area contributed by atoms with Crippen LogP contribution >= 0.6 is 0 Å². The van der Waals surface area contributed by atoms with Crippen LogP contribution in [-0.4, -0.2) is 69.7 Å². The molecule has 3 N–H and O–H groups in total. The van der Waals surface area contributed by atoms with Gasteiger partial charge in [-0.05, 0) is 30.2 Å². The first kappa shape index (κ1) is 32.1. The lowest BCUT2D eigenvalue weighted by Crippen LogP contribution is -2.67. The van der Waals surface area contributed by atoms with Gasteiger partial charge in [-0.25, -0.2) is 10.8 Å². The molecule has 0 radical (unpaired) electrons. The van der Waals surface area contributed by atoms with Crippen molar-refractivity contribution >= 4 is 23.6 Å². The van der Waals surface area contributed by atoms with E-state index in [1.54, 1.807) is 67.9 Å². The van der Waals surface area contributed by atoms with Crippen LogP contribution in [0, 0.1) is 12.8 Å². The van der Waals surface area contributed by atoms with Gasteiger partial charge < -0.3 is 19.4 Å². The molecular weight excluding hydrogens is 586 g/mol. The van der Waals surface area contributed by atoms with Gasteiger partial charge >= 0.3 is 5.97 Å². The fourth-order valence-electron chi connectivity index (χ4n) is 5.92. The van der Waals surface area contributed by atoms with Gasteiger partial charge in [0.05, 0.1) is 32.2 Å². The van der Waals surface area contributed by atoms with Crippen LogP contribution in [0.15, 0.2) is 91.4 Å². The van der Waals surface area contributed by atoms with Crippen molar-refractivity contribution in [3.8, 4) is 5.75 Å². The molecule has 0 unspecified atom stereocenters. The van der Waals surface area contributed by atoms with Gasteiger partial charge in [0, 0.05) is 37.1 Å². The molecule has 2 atom stereocenters. The van der Waals surface area contributed by atoms with E-state index in [-0.39, 0.29) is 25.9 Å². The number of Topliss-reactive ketones (excluding diaryl/α,β-unsaturated/α-hetero) is 1. The summed E-state index contributed by atoms with van der Waals surface area (Å²) in [5, 5.41) is 0.879. The van der Waals surface area contributed by atoms with Crippen molar-refractivity contribution in [1.29, 1.82) is 0 Å². The third kappa shape index (κ3) is 6.84. The van der Waals surface area contributed by atoms with E-state index >= 15 is 0 Å². The largest absolute Gasteiger partial charge is 0.497 e. The third-order valence-electron chi connectivity index (χ3n) is 8.28. The SMILES string of the molecule is COc1ccc(C[C@@H](C(=O)N2CC(OC(C)=O)(c3ccccc3C)C2)N(N)C(=O)[C@@H](Cc2c[nH]cn2)C(=O)c2ccccc2)cc1. The molecule has 1 fully saturated rings. The number of carbonyl (C=O) groups is 4. The van der Waals surface area contributed by atoms with E-state index in [9.17, 15) is 19.2 Å². The molecule has 2 amide bonds. The molecule has 1 aliphatic heterocycles. The lowest BCUT2D eigenvalue weighted by Gasteiger charge is -2.50. The molecule has 238 valence electrons. The summed E-state index contributed by atoms with van der Waals surface area (Å²) >= 11 is 0. The Kier molecular flexibility index (Phi) is 9.62. The van der Waals surface area contributed by atoms with E-state index in [0.29, 0.717) is 17.0 Å². The number of imidazole rings is 1. The van der Waals surface area contributed by atoms with Gasteiger partial charge in [-0.1, -0.05) is 66.7 Å². The molecule has 4 aromatic rings. The minimum absolute atomic E-state index is 0.0141. The van der Waals surface area contributed by atoms with Crippen molar-refractivity contribution in [3.63, 3.8) is 0 Å². The minimum atomic E-state index is -1.23. The fourth-order valence-corrected chi connectivity index (χ4v) is 5.92. The first-order chi connectivity index (χ1) is 22.1. The van der Waals surface area contributed by atoms with Crippen LogP contribution in [0.5, 0.6) is 5.75 Å². The molecule has 11 heteroatoms. The molecule has 5 rings (SSSR count). The van der Waals surface area contributed by atoms with Crippen LogP contribution in [0.3, 0.4) is 0 Å². The molecule has 0 spiro atoms. The highest BCUT2D eigenvalue weighted by Gasteiger charge is 2.52. The lowest BCUT2D eigenvalue weighted by molar-refractivity contribution is -0.189. The Labute approximate surface area is 267 Å². The van der Waals surface area contributed by atoms with Crippen molar-refractivity contribution in [3.05, 3.63) is 119 Å². The smallest absolute Gasteiger partial charge is 0.303 e. The van der Waals surface area contributed by atoms with Gasteiger partial charge in [0.2, 0.25) is 11.8 Å². The van der Waals surface area contributed by atoms with Crippen LogP contribution in [-0.2, 0) is 37.6 Å². The van der Waals surface area contributed by atoms with Crippen molar-refractivity contribution in [2.45, 2.75) is 38.3 Å². The van der Waals surface area contributed by atoms with E-state index < -0.39 is 41.1 Å². The number of H-pyrrole nitrogens is 1. The van der Waals surface area contributed by atoms with Crippen LogP contribution in [0.25, 0.3) is 0 Å². The van der Waals surface area contributed by atoms with E-state index in [0.717, 1.165) is 21.7 Å². The number of likely N-dealkylation sites (tertiary alicyclic amines) is 1. The van der Waals surface area contributed by atoms with Crippen LogP contribution in [0.1, 0.15) is 39.7 Å². The second-order valence-electron chi connectivity index (χ2n) is 11.5. The number of nitrogens with one attached hydrogen (secondary N) is 1. The maximum absolute atomic E-state index is 14.3. The summed E-state index contributed by atoms with van der Waals surface area (Å²) in [6, 6.07) is 21.9. The summed E-state index contributed by atoms with van der Waals surface area (Å²) in [4.78, 5) is 62.9. The lowest BCUT2D eigenvalue weighted by atomic mass is 9.82. The molecule has 1 aromatic heterocycles. The minimum Gasteiger partial charge on any atom is -0.497 e. The van der Waals surface area contributed by atoms with Crippen LogP contribution in [0.2, 0.25) is 0 Å². The van der Waals surface area contributed by atoms with Gasteiger partial charge in [0.25, 0.3) is 0 Å². The standard InChI is InChI=1S/C35H37N5O6/c1-23-9-7-8-12-30(23)35(46-24(2)41)20-39(21-35)34(44)31(17-25-13-15-28(45-3)16-14-25)40(36)33(43)29(18-27-19-37-22-38-27)32(42)26-10-5-4-6-11-26/h4-16,19,22,29,31H,17-18,20-21,36H2,1-3H3,(H,37,38)/t29-,31-/m0/s1. The van der Waals surface area contributed by atoms with E-state index in [2.05, 4.69) is 9.97 Å². The Balaban J connectivity index is 1.46. The fraction of sp³-hybridized carbons (Fsp3) is 0.286. The zero-order valence-corrected chi connectivity index (χ0v) is 26.0. The maximum atomic E-state index is 14.3. The zero-order valence-electron chi connectivity index (χ0n) is 26.0. The monoisotopic (exact) mass is 623 g/mol. The zero-order chi connectivity index (χ0) is 32.8. The summed E-state index contributed by atoms with van der Waals surface area (Å²) in [5.74, 6) is 3.90. The van der Waals surface area contributed by atoms with Crippen molar-refractivity contribution in [2.75, 3.05) is 20.2 Å². The second-order valence-corrected chi connectivity index (χ2v) is 11.5. The Bertz CT molecular complexity index is 1680. The summed E-state index contributed by atoms with van der Waals surface area (Å²) in [7, 11) is 1.55. The molecule has 0 bridgehead atoms. The average molecular weight is 624 g/mol. The van der Waals surface area contributed by atoms with E-state index in [4.69, 9.17) is 15.3 Å². The number of hydrogen-bond donors (Lipinski definition) is 2. The Morgan fingerprint density at radius 2 is 1.65 bits per heavy atom. The molecule has 1 aliphatic rings. The Morgan fingerprint density at radius 3 is 2.26 bits per heavy atom. The quantitative estimate of drug-likeness (QED) is 0.0610. The number of esters is 1. The van der Waals surface area contributed by atoms with Gasteiger partial charge in [0.15, 0.2) is 11.4 Å². The second kappa shape index (κ2) is 13.8. The van der Waals surface area contributed by atoms with Crippen LogP contribution < -0.4 is 10.6 Å². The number of rotatable bonds is 12. The Hall–Kier alpha value is -5.29. The van der Waals surface area contributed by atoms with Gasteiger partial charge in [-0.2, -0.15) is 0 Å². The van der Waals surface area contributed by atoms with E-state index in [1.807, 2.05) is 31.2 Å². The highest BCUT2D eigenvalue weighted by molar-refractivity contribution is 6.10. The molecule has 3 aromatic carbocycles. The number of aromatic amines is 1. The first-order valence-corrected chi connectivity index (χ1v) is 14.9. The van der Waals surface area contributed by atoms with Crippen molar-refractivity contribution < 1.29 is 28.7 Å². The molecule has 0 saturated carbocycles. The number of ether oxygens (including phenoxy) is 2. The number of ketones is 1. The summed E-state index contributed by atoms with van der Waals surface area (Å²) in [6.07, 6.45) is 3.13. The molecule has 1 saturated heterocycles. The predicted molar refractivity (Wildman–Crippen MR) is 169 cm³/mol. The number of carbonyl (C=O) groups excluding carboxylic acids is 4. The van der Waals surface area contributed by atoms with E-state index in [1.165, 1.54) is 18.2 Å². The summed E-state index contributed by atoms with van der Waals surface area (Å²) in [6.45, 7) is 3.41.